The predicted molar refractivity (Wildman–Crippen MR) is 81.0 cm³/mol. The Bertz CT molecular complexity index is 666. The van der Waals surface area contributed by atoms with Gasteiger partial charge in [0.1, 0.15) is 17.4 Å². The van der Waals surface area contributed by atoms with Crippen molar-refractivity contribution in [2.45, 2.75) is 20.3 Å². The second-order valence-corrected chi connectivity index (χ2v) is 5.09. The largest absolute Gasteiger partial charge is 0.493 e. The Morgan fingerprint density at radius 3 is 2.41 bits per heavy atom. The molecule has 0 fully saturated rings. The number of carbonyl (C=O) groups excluding carboxylic acids is 1. The molecule has 3 nitrogen and oxygen atoms in total. The minimum atomic E-state index is -0.802. The number of rotatable bonds is 5. The Hall–Kier alpha value is -2.43. The van der Waals surface area contributed by atoms with Crippen molar-refractivity contribution in [3.63, 3.8) is 0 Å². The van der Waals surface area contributed by atoms with Gasteiger partial charge in [-0.25, -0.2) is 8.78 Å². The lowest BCUT2D eigenvalue weighted by Crippen LogP contribution is -2.16. The fourth-order valence-electron chi connectivity index (χ4n) is 2.08. The number of anilines is 1. The molecule has 0 heterocycles. The van der Waals surface area contributed by atoms with Gasteiger partial charge in [0, 0.05) is 6.07 Å². The van der Waals surface area contributed by atoms with Crippen LogP contribution in [-0.4, -0.2) is 12.5 Å². The summed E-state index contributed by atoms with van der Waals surface area (Å²) in [5.74, 6) is -1.19. The smallest absolute Gasteiger partial charge is 0.227 e. The van der Waals surface area contributed by atoms with Crippen LogP contribution >= 0.6 is 0 Å². The Balaban J connectivity index is 1.85. The summed E-state index contributed by atoms with van der Waals surface area (Å²) in [4.78, 5) is 11.7. The van der Waals surface area contributed by atoms with E-state index < -0.39 is 17.5 Å². The van der Waals surface area contributed by atoms with Gasteiger partial charge in [-0.05, 0) is 49.2 Å². The normalized spacial score (nSPS) is 10.4. The van der Waals surface area contributed by atoms with E-state index >= 15 is 0 Å². The van der Waals surface area contributed by atoms with Gasteiger partial charge in [-0.3, -0.25) is 4.79 Å². The molecule has 0 saturated heterocycles. The van der Waals surface area contributed by atoms with Crippen LogP contribution in [0.25, 0.3) is 0 Å². The average Bonchev–Trinajstić information content (AvgIpc) is 2.41. The quantitative estimate of drug-likeness (QED) is 0.907. The van der Waals surface area contributed by atoms with Gasteiger partial charge in [-0.2, -0.15) is 0 Å². The zero-order valence-electron chi connectivity index (χ0n) is 12.5. The lowest BCUT2D eigenvalue weighted by atomic mass is 10.1. The molecule has 1 N–H and O–H groups in total. The Morgan fingerprint density at radius 1 is 1.09 bits per heavy atom. The van der Waals surface area contributed by atoms with E-state index in [1.807, 2.05) is 32.0 Å². The van der Waals surface area contributed by atoms with Crippen molar-refractivity contribution < 1.29 is 18.3 Å². The maximum atomic E-state index is 13.4. The summed E-state index contributed by atoms with van der Waals surface area (Å²) in [6.45, 7) is 4.10. The van der Waals surface area contributed by atoms with E-state index in [2.05, 4.69) is 5.32 Å². The topological polar surface area (TPSA) is 38.3 Å². The van der Waals surface area contributed by atoms with Crippen LogP contribution in [0.1, 0.15) is 17.5 Å². The summed E-state index contributed by atoms with van der Waals surface area (Å²) >= 11 is 0. The first kappa shape index (κ1) is 15.9. The maximum absolute atomic E-state index is 13.4. The molecule has 0 bridgehead atoms. The van der Waals surface area contributed by atoms with Crippen molar-refractivity contribution in [3.8, 4) is 5.75 Å². The van der Waals surface area contributed by atoms with Crippen molar-refractivity contribution in [1.82, 2.24) is 0 Å². The van der Waals surface area contributed by atoms with Gasteiger partial charge in [0.25, 0.3) is 0 Å². The van der Waals surface area contributed by atoms with Gasteiger partial charge in [0.05, 0.1) is 18.7 Å². The van der Waals surface area contributed by atoms with Crippen molar-refractivity contribution in [2.75, 3.05) is 11.9 Å². The molecular weight excluding hydrogens is 288 g/mol. The van der Waals surface area contributed by atoms with E-state index in [0.29, 0.717) is 5.75 Å². The number of aryl methyl sites for hydroxylation is 2. The summed E-state index contributed by atoms with van der Waals surface area (Å²) < 4.78 is 31.7. The third-order valence-corrected chi connectivity index (χ3v) is 3.00. The highest BCUT2D eigenvalue weighted by Crippen LogP contribution is 2.17. The number of hydrogen-bond donors (Lipinski definition) is 1. The van der Waals surface area contributed by atoms with Crippen molar-refractivity contribution in [3.05, 3.63) is 59.2 Å². The average molecular weight is 305 g/mol. The van der Waals surface area contributed by atoms with Crippen LogP contribution in [0.5, 0.6) is 5.75 Å². The Labute approximate surface area is 127 Å². The molecular formula is C17H17F2NO2. The molecule has 0 radical (unpaired) electrons. The molecule has 0 atom stereocenters. The minimum absolute atomic E-state index is 0.0437. The van der Waals surface area contributed by atoms with E-state index in [0.717, 1.165) is 23.3 Å². The van der Waals surface area contributed by atoms with Gasteiger partial charge in [0.2, 0.25) is 5.91 Å². The second kappa shape index (κ2) is 7.02. The van der Waals surface area contributed by atoms with Crippen molar-refractivity contribution in [2.24, 2.45) is 0 Å². The summed E-state index contributed by atoms with van der Waals surface area (Å²) in [7, 11) is 0. The molecule has 0 aromatic heterocycles. The molecule has 2 aromatic carbocycles. The lowest BCUT2D eigenvalue weighted by Gasteiger charge is -2.09. The first-order valence-electron chi connectivity index (χ1n) is 6.90. The van der Waals surface area contributed by atoms with Gasteiger partial charge >= 0.3 is 0 Å². The highest BCUT2D eigenvalue weighted by atomic mass is 19.1. The molecule has 22 heavy (non-hydrogen) atoms. The van der Waals surface area contributed by atoms with Gasteiger partial charge in [-0.1, -0.05) is 6.07 Å². The van der Waals surface area contributed by atoms with E-state index in [-0.39, 0.29) is 18.7 Å². The number of ether oxygens (including phenoxy) is 1. The van der Waals surface area contributed by atoms with Crippen LogP contribution < -0.4 is 10.1 Å². The first-order valence-corrected chi connectivity index (χ1v) is 6.90. The van der Waals surface area contributed by atoms with Crippen LogP contribution in [0.2, 0.25) is 0 Å². The van der Waals surface area contributed by atoms with E-state index in [9.17, 15) is 13.6 Å². The van der Waals surface area contributed by atoms with Crippen LogP contribution in [0, 0.1) is 25.5 Å². The van der Waals surface area contributed by atoms with Gasteiger partial charge in [-0.15, -0.1) is 0 Å². The first-order chi connectivity index (χ1) is 10.4. The molecule has 116 valence electrons. The highest BCUT2D eigenvalue weighted by molar-refractivity contribution is 5.90. The van der Waals surface area contributed by atoms with Crippen LogP contribution in [-0.2, 0) is 4.79 Å². The van der Waals surface area contributed by atoms with Gasteiger partial charge in [0.15, 0.2) is 0 Å². The third-order valence-electron chi connectivity index (χ3n) is 3.00. The van der Waals surface area contributed by atoms with E-state index in [1.54, 1.807) is 0 Å². The van der Waals surface area contributed by atoms with Crippen LogP contribution in [0.3, 0.4) is 0 Å². The minimum Gasteiger partial charge on any atom is -0.493 e. The lowest BCUT2D eigenvalue weighted by molar-refractivity contribution is -0.116. The molecule has 0 aliphatic carbocycles. The molecule has 0 spiro atoms. The zero-order valence-corrected chi connectivity index (χ0v) is 12.5. The van der Waals surface area contributed by atoms with Crippen molar-refractivity contribution >= 4 is 11.6 Å². The predicted octanol–water partition coefficient (Wildman–Crippen LogP) is 3.99. The fraction of sp³-hybridized carbons (Fsp3) is 0.235. The number of amides is 1. The standard InChI is InChI=1S/C17H17F2NO2/c1-11-7-12(2)9-14(8-11)22-6-5-17(21)20-16-4-3-13(18)10-15(16)19/h3-4,7-10H,5-6H2,1-2H3,(H,20,21). The molecule has 0 unspecified atom stereocenters. The second-order valence-electron chi connectivity index (χ2n) is 5.09. The summed E-state index contributed by atoms with van der Waals surface area (Å²) in [6.07, 6.45) is 0.0732. The number of carbonyl (C=O) groups is 1. The highest BCUT2D eigenvalue weighted by Gasteiger charge is 2.08. The number of benzene rings is 2. The van der Waals surface area contributed by atoms with E-state index in [4.69, 9.17) is 4.74 Å². The number of hydrogen-bond acceptors (Lipinski definition) is 2. The summed E-state index contributed by atoms with van der Waals surface area (Å²) in [5.41, 5.74) is 2.11. The zero-order chi connectivity index (χ0) is 16.1. The molecule has 0 aliphatic rings. The van der Waals surface area contributed by atoms with Crippen LogP contribution in [0.15, 0.2) is 36.4 Å². The monoisotopic (exact) mass is 305 g/mol. The number of nitrogens with one attached hydrogen (secondary N) is 1. The molecule has 0 saturated carbocycles. The van der Waals surface area contributed by atoms with Gasteiger partial charge < -0.3 is 10.1 Å². The molecule has 5 heteroatoms. The fourth-order valence-corrected chi connectivity index (χ4v) is 2.08. The third kappa shape index (κ3) is 4.55. The molecule has 2 aromatic rings. The maximum Gasteiger partial charge on any atom is 0.227 e. The Morgan fingerprint density at radius 2 is 1.77 bits per heavy atom. The number of halogens is 2. The summed E-state index contributed by atoms with van der Waals surface area (Å²) in [5, 5.41) is 2.39. The van der Waals surface area contributed by atoms with Crippen LogP contribution in [0.4, 0.5) is 14.5 Å². The molecule has 2 rings (SSSR count). The van der Waals surface area contributed by atoms with E-state index in [1.165, 1.54) is 6.07 Å². The molecule has 0 aliphatic heterocycles. The molecule has 1 amide bonds. The van der Waals surface area contributed by atoms with Crippen molar-refractivity contribution in [1.29, 1.82) is 0 Å². The SMILES string of the molecule is Cc1cc(C)cc(OCCC(=O)Nc2ccc(F)cc2F)c1. The Kier molecular flexibility index (Phi) is 5.09. The summed E-state index contributed by atoms with van der Waals surface area (Å²) in [6, 6.07) is 8.78.